The molecule has 0 atom stereocenters. The first-order chi connectivity index (χ1) is 11.1. The molecular weight excluding hydrogens is 298 g/mol. The normalized spacial score (nSPS) is 11.0. The van der Waals surface area contributed by atoms with Gasteiger partial charge in [-0.2, -0.15) is 0 Å². The summed E-state index contributed by atoms with van der Waals surface area (Å²) >= 11 is 0. The Morgan fingerprint density at radius 1 is 1.17 bits per heavy atom. The van der Waals surface area contributed by atoms with Crippen LogP contribution in [0.4, 0.5) is 0 Å². The third-order valence-electron chi connectivity index (χ3n) is 3.67. The average molecular weight is 313 g/mol. The molecule has 0 radical (unpaired) electrons. The van der Waals surface area contributed by atoms with E-state index in [9.17, 15) is 14.4 Å². The SMILES string of the molecule is CCOC(=O)c1cc2c(=O)oc3ccccc3c2n(CC)c1=O. The van der Waals surface area contributed by atoms with Crippen molar-refractivity contribution in [1.82, 2.24) is 4.57 Å². The fourth-order valence-corrected chi connectivity index (χ4v) is 2.68. The van der Waals surface area contributed by atoms with Crippen LogP contribution in [-0.2, 0) is 11.3 Å². The molecule has 0 amide bonds. The van der Waals surface area contributed by atoms with E-state index >= 15 is 0 Å². The van der Waals surface area contributed by atoms with Gasteiger partial charge in [-0.1, -0.05) is 12.1 Å². The van der Waals surface area contributed by atoms with Gasteiger partial charge in [0.15, 0.2) is 0 Å². The zero-order chi connectivity index (χ0) is 16.6. The average Bonchev–Trinajstić information content (AvgIpc) is 2.54. The van der Waals surface area contributed by atoms with E-state index in [1.807, 2.05) is 0 Å². The largest absolute Gasteiger partial charge is 0.462 e. The molecule has 0 N–H and O–H groups in total. The molecule has 0 saturated carbocycles. The summed E-state index contributed by atoms with van der Waals surface area (Å²) in [6.45, 7) is 3.89. The van der Waals surface area contributed by atoms with E-state index < -0.39 is 17.2 Å². The summed E-state index contributed by atoms with van der Waals surface area (Å²) in [5.41, 5.74) is -0.364. The predicted molar refractivity (Wildman–Crippen MR) is 85.9 cm³/mol. The fraction of sp³-hybridized carbons (Fsp3) is 0.235. The van der Waals surface area contributed by atoms with E-state index in [2.05, 4.69) is 0 Å². The van der Waals surface area contributed by atoms with Gasteiger partial charge in [-0.05, 0) is 32.0 Å². The Bertz CT molecular complexity index is 1030. The van der Waals surface area contributed by atoms with E-state index in [0.29, 0.717) is 23.0 Å². The summed E-state index contributed by atoms with van der Waals surface area (Å²) in [6, 6.07) is 8.25. The number of aromatic nitrogens is 1. The van der Waals surface area contributed by atoms with Crippen molar-refractivity contribution in [1.29, 1.82) is 0 Å². The van der Waals surface area contributed by atoms with Crippen LogP contribution in [-0.4, -0.2) is 17.1 Å². The molecule has 2 heterocycles. The maximum Gasteiger partial charge on any atom is 0.345 e. The first-order valence-electron chi connectivity index (χ1n) is 7.35. The second-order valence-electron chi connectivity index (χ2n) is 4.98. The number of hydrogen-bond donors (Lipinski definition) is 0. The van der Waals surface area contributed by atoms with Gasteiger partial charge in [-0.3, -0.25) is 4.79 Å². The molecule has 6 nitrogen and oxygen atoms in total. The summed E-state index contributed by atoms with van der Waals surface area (Å²) < 4.78 is 11.6. The molecule has 118 valence electrons. The van der Waals surface area contributed by atoms with Crippen molar-refractivity contribution in [3.05, 3.63) is 56.7 Å². The molecule has 3 aromatic rings. The zero-order valence-electron chi connectivity index (χ0n) is 12.8. The van der Waals surface area contributed by atoms with Gasteiger partial charge >= 0.3 is 11.6 Å². The summed E-state index contributed by atoms with van der Waals surface area (Å²) in [4.78, 5) is 36.9. The molecule has 0 aliphatic carbocycles. The number of pyridine rings is 1. The van der Waals surface area contributed by atoms with Crippen molar-refractivity contribution in [2.75, 3.05) is 6.61 Å². The van der Waals surface area contributed by atoms with Crippen molar-refractivity contribution in [3.63, 3.8) is 0 Å². The van der Waals surface area contributed by atoms with Crippen molar-refractivity contribution in [3.8, 4) is 0 Å². The zero-order valence-corrected chi connectivity index (χ0v) is 12.8. The number of carbonyl (C=O) groups excluding carboxylic acids is 1. The molecule has 6 heteroatoms. The lowest BCUT2D eigenvalue weighted by Crippen LogP contribution is -2.28. The topological polar surface area (TPSA) is 78.5 Å². The number of benzene rings is 1. The Balaban J connectivity index is 2.52. The molecule has 0 aliphatic rings. The van der Waals surface area contributed by atoms with Crippen molar-refractivity contribution in [2.24, 2.45) is 0 Å². The first-order valence-corrected chi connectivity index (χ1v) is 7.35. The highest BCUT2D eigenvalue weighted by atomic mass is 16.5. The van der Waals surface area contributed by atoms with Gasteiger partial charge in [-0.25, -0.2) is 9.59 Å². The molecule has 0 unspecified atom stereocenters. The lowest BCUT2D eigenvalue weighted by molar-refractivity contribution is 0.0524. The van der Waals surface area contributed by atoms with Crippen LogP contribution in [0.2, 0.25) is 0 Å². The summed E-state index contributed by atoms with van der Waals surface area (Å²) in [5, 5.41) is 0.838. The lowest BCUT2D eigenvalue weighted by Gasteiger charge is -2.12. The Morgan fingerprint density at radius 2 is 1.91 bits per heavy atom. The van der Waals surface area contributed by atoms with Crippen LogP contribution in [0.15, 0.2) is 44.3 Å². The number of esters is 1. The fourth-order valence-electron chi connectivity index (χ4n) is 2.68. The first kappa shape index (κ1) is 15.0. The Kier molecular flexibility index (Phi) is 3.73. The van der Waals surface area contributed by atoms with Crippen molar-refractivity contribution in [2.45, 2.75) is 20.4 Å². The van der Waals surface area contributed by atoms with E-state index in [0.717, 1.165) is 0 Å². The van der Waals surface area contributed by atoms with Crippen LogP contribution >= 0.6 is 0 Å². The number of para-hydroxylation sites is 1. The highest BCUT2D eigenvalue weighted by molar-refractivity contribution is 6.04. The van der Waals surface area contributed by atoms with Crippen LogP contribution in [0.25, 0.3) is 21.9 Å². The number of fused-ring (bicyclic) bond motifs is 3. The predicted octanol–water partition coefficient (Wildman–Crippen LogP) is 2.30. The minimum Gasteiger partial charge on any atom is -0.462 e. The second-order valence-corrected chi connectivity index (χ2v) is 4.98. The van der Waals surface area contributed by atoms with Gasteiger partial charge in [0.2, 0.25) is 0 Å². The molecule has 23 heavy (non-hydrogen) atoms. The van der Waals surface area contributed by atoms with E-state index in [-0.39, 0.29) is 17.6 Å². The Hall–Kier alpha value is -2.89. The minimum atomic E-state index is -0.742. The van der Waals surface area contributed by atoms with Gasteiger partial charge < -0.3 is 13.7 Å². The maximum atomic E-state index is 12.6. The number of ether oxygens (including phenoxy) is 1. The number of rotatable bonds is 3. The van der Waals surface area contributed by atoms with Gasteiger partial charge in [0, 0.05) is 11.9 Å². The Morgan fingerprint density at radius 3 is 2.61 bits per heavy atom. The van der Waals surface area contributed by atoms with Crippen LogP contribution in [0.1, 0.15) is 24.2 Å². The molecule has 0 fully saturated rings. The quantitative estimate of drug-likeness (QED) is 0.421. The lowest BCUT2D eigenvalue weighted by atomic mass is 10.1. The second kappa shape index (κ2) is 5.72. The van der Waals surface area contributed by atoms with E-state index in [4.69, 9.17) is 9.15 Å². The van der Waals surface area contributed by atoms with Crippen LogP contribution in [0.5, 0.6) is 0 Å². The Labute approximate surface area is 130 Å². The van der Waals surface area contributed by atoms with Gasteiger partial charge in [0.1, 0.15) is 11.1 Å². The standard InChI is InChI=1S/C17H15NO5/c1-3-18-14-10-7-5-6-8-13(10)23-17(21)11(14)9-12(15(18)19)16(20)22-4-2/h5-9H,3-4H2,1-2H3. The molecular formula is C17H15NO5. The molecule has 0 saturated heterocycles. The van der Waals surface area contributed by atoms with Crippen LogP contribution < -0.4 is 11.2 Å². The highest BCUT2D eigenvalue weighted by Crippen LogP contribution is 2.22. The number of carbonyl (C=O) groups is 1. The summed E-state index contributed by atoms with van der Waals surface area (Å²) in [5.74, 6) is -0.742. The molecule has 2 aromatic heterocycles. The molecule has 0 aliphatic heterocycles. The van der Waals surface area contributed by atoms with Crippen molar-refractivity contribution < 1.29 is 13.9 Å². The van der Waals surface area contributed by atoms with E-state index in [1.165, 1.54) is 10.6 Å². The van der Waals surface area contributed by atoms with Crippen molar-refractivity contribution >= 4 is 27.8 Å². The maximum absolute atomic E-state index is 12.6. The number of hydrogen-bond acceptors (Lipinski definition) is 5. The van der Waals surface area contributed by atoms with Gasteiger partial charge in [0.25, 0.3) is 5.56 Å². The molecule has 3 rings (SSSR count). The number of aryl methyl sites for hydroxylation is 1. The van der Waals surface area contributed by atoms with Gasteiger partial charge in [-0.15, -0.1) is 0 Å². The van der Waals surface area contributed by atoms with Crippen LogP contribution in [0.3, 0.4) is 0 Å². The molecule has 0 spiro atoms. The summed E-state index contributed by atoms with van der Waals surface area (Å²) in [7, 11) is 0. The third-order valence-corrected chi connectivity index (χ3v) is 3.67. The van der Waals surface area contributed by atoms with Crippen LogP contribution in [0, 0.1) is 0 Å². The number of nitrogens with zero attached hydrogens (tertiary/aromatic N) is 1. The van der Waals surface area contributed by atoms with E-state index in [1.54, 1.807) is 38.1 Å². The molecule has 0 bridgehead atoms. The smallest absolute Gasteiger partial charge is 0.345 e. The van der Waals surface area contributed by atoms with Gasteiger partial charge in [0.05, 0.1) is 17.5 Å². The third kappa shape index (κ3) is 2.32. The highest BCUT2D eigenvalue weighted by Gasteiger charge is 2.19. The monoisotopic (exact) mass is 313 g/mol. The summed E-state index contributed by atoms with van der Waals surface area (Å²) in [6.07, 6.45) is 0. The minimum absolute atomic E-state index is 0.148. The molecule has 1 aromatic carbocycles.